The van der Waals surface area contributed by atoms with Gasteiger partial charge in [0, 0.05) is 0 Å². The van der Waals surface area contributed by atoms with Gasteiger partial charge in [-0.15, -0.1) is 11.6 Å². The topological polar surface area (TPSA) is 0 Å². The number of benzene rings is 1. The molecule has 0 nitrogen and oxygen atoms in total. The number of halogens is 1. The van der Waals surface area contributed by atoms with Gasteiger partial charge in [0.25, 0.3) is 0 Å². The van der Waals surface area contributed by atoms with Crippen LogP contribution in [0, 0.1) is 0 Å². The lowest BCUT2D eigenvalue weighted by molar-refractivity contribution is 1.06. The Kier molecular flexibility index (Phi) is 1.71. The fraction of sp³-hybridized carbons (Fsp3) is 0.200. The van der Waals surface area contributed by atoms with E-state index in [0.717, 1.165) is 6.42 Å². The molecular formula is C10H9Cl. The lowest BCUT2D eigenvalue weighted by atomic mass is 9.97. The number of fused-ring (bicyclic) bond motifs is 1. The van der Waals surface area contributed by atoms with Crippen molar-refractivity contribution in [3.63, 3.8) is 0 Å². The van der Waals surface area contributed by atoms with Crippen molar-refractivity contribution >= 4 is 11.6 Å². The summed E-state index contributed by atoms with van der Waals surface area (Å²) < 4.78 is 0. The Morgan fingerprint density at radius 2 is 2.09 bits per heavy atom. The second kappa shape index (κ2) is 2.71. The number of alkyl halides is 1. The average Bonchev–Trinajstić information content (AvgIpc) is 2.06. The molecular weight excluding hydrogens is 156 g/mol. The van der Waals surface area contributed by atoms with Gasteiger partial charge < -0.3 is 0 Å². The van der Waals surface area contributed by atoms with E-state index in [2.05, 4.69) is 24.3 Å². The third-order valence-corrected chi connectivity index (χ3v) is 2.38. The third-order valence-electron chi connectivity index (χ3n) is 2.00. The van der Waals surface area contributed by atoms with Gasteiger partial charge in [-0.25, -0.2) is 0 Å². The Labute approximate surface area is 71.5 Å². The molecule has 1 unspecified atom stereocenters. The Morgan fingerprint density at radius 3 is 2.91 bits per heavy atom. The number of rotatable bonds is 0. The number of hydrogen-bond donors (Lipinski definition) is 0. The molecule has 1 aliphatic rings. The van der Waals surface area contributed by atoms with Crippen molar-refractivity contribution in [3.05, 3.63) is 47.5 Å². The van der Waals surface area contributed by atoms with E-state index in [0.29, 0.717) is 0 Å². The second-order valence-corrected chi connectivity index (χ2v) is 3.20. The number of allylic oxidation sites excluding steroid dienone is 2. The van der Waals surface area contributed by atoms with Crippen LogP contribution in [0.1, 0.15) is 16.5 Å². The normalized spacial score (nSPS) is 21.4. The molecule has 0 saturated carbocycles. The summed E-state index contributed by atoms with van der Waals surface area (Å²) in [5, 5.41) is 0.0833. The minimum Gasteiger partial charge on any atom is -0.113 e. The highest BCUT2D eigenvalue weighted by Gasteiger charge is 2.11. The first-order chi connectivity index (χ1) is 5.38. The molecule has 0 radical (unpaired) electrons. The van der Waals surface area contributed by atoms with Gasteiger partial charge in [-0.2, -0.15) is 0 Å². The maximum absolute atomic E-state index is 6.06. The first-order valence-electron chi connectivity index (χ1n) is 3.76. The molecule has 0 saturated heterocycles. The van der Waals surface area contributed by atoms with Crippen LogP contribution >= 0.6 is 11.6 Å². The predicted octanol–water partition coefficient (Wildman–Crippen LogP) is 3.08. The van der Waals surface area contributed by atoms with Gasteiger partial charge in [0.05, 0.1) is 5.38 Å². The molecule has 0 aromatic heterocycles. The van der Waals surface area contributed by atoms with Crippen molar-refractivity contribution in [2.24, 2.45) is 0 Å². The Morgan fingerprint density at radius 1 is 1.27 bits per heavy atom. The van der Waals surface area contributed by atoms with E-state index < -0.39 is 0 Å². The molecule has 0 aliphatic heterocycles. The Balaban J connectivity index is 2.50. The first kappa shape index (κ1) is 6.93. The van der Waals surface area contributed by atoms with Gasteiger partial charge in [-0.1, -0.05) is 36.4 Å². The summed E-state index contributed by atoms with van der Waals surface area (Å²) in [7, 11) is 0. The molecule has 2 rings (SSSR count). The van der Waals surface area contributed by atoms with E-state index in [1.807, 2.05) is 12.1 Å². The molecule has 0 bridgehead atoms. The van der Waals surface area contributed by atoms with Crippen LogP contribution in [0.3, 0.4) is 0 Å². The van der Waals surface area contributed by atoms with Crippen LogP contribution in [0.25, 0.3) is 0 Å². The molecule has 1 aromatic rings. The second-order valence-electron chi connectivity index (χ2n) is 2.73. The zero-order valence-electron chi connectivity index (χ0n) is 6.13. The zero-order valence-corrected chi connectivity index (χ0v) is 6.88. The molecule has 0 spiro atoms. The van der Waals surface area contributed by atoms with Crippen LogP contribution < -0.4 is 0 Å². The lowest BCUT2D eigenvalue weighted by Gasteiger charge is -2.14. The highest BCUT2D eigenvalue weighted by Crippen LogP contribution is 2.29. The van der Waals surface area contributed by atoms with Crippen LogP contribution in [-0.4, -0.2) is 0 Å². The molecule has 0 heterocycles. The standard InChI is InChI=1S/C10H9Cl/c11-10-7-3-5-8-4-1-2-6-9(8)10/h1-4,6-7,10H,5H2. The summed E-state index contributed by atoms with van der Waals surface area (Å²) in [6.07, 6.45) is 5.20. The van der Waals surface area contributed by atoms with Crippen molar-refractivity contribution in [2.75, 3.05) is 0 Å². The molecule has 1 atom stereocenters. The highest BCUT2D eigenvalue weighted by atomic mass is 35.5. The Bertz CT molecular complexity index is 289. The van der Waals surface area contributed by atoms with Crippen molar-refractivity contribution < 1.29 is 0 Å². The monoisotopic (exact) mass is 164 g/mol. The molecule has 1 aromatic carbocycles. The minimum atomic E-state index is 0.0833. The van der Waals surface area contributed by atoms with E-state index in [1.165, 1.54) is 11.1 Å². The Hall–Kier alpha value is -0.750. The zero-order chi connectivity index (χ0) is 7.68. The van der Waals surface area contributed by atoms with Crippen molar-refractivity contribution in [3.8, 4) is 0 Å². The summed E-state index contributed by atoms with van der Waals surface area (Å²) in [5.74, 6) is 0. The summed E-state index contributed by atoms with van der Waals surface area (Å²) in [6.45, 7) is 0. The van der Waals surface area contributed by atoms with E-state index in [1.54, 1.807) is 0 Å². The summed E-state index contributed by atoms with van der Waals surface area (Å²) in [5.41, 5.74) is 2.62. The van der Waals surface area contributed by atoms with Gasteiger partial charge in [0.1, 0.15) is 0 Å². The third kappa shape index (κ3) is 1.19. The quantitative estimate of drug-likeness (QED) is 0.409. The van der Waals surface area contributed by atoms with Crippen molar-refractivity contribution in [1.82, 2.24) is 0 Å². The van der Waals surface area contributed by atoms with Gasteiger partial charge in [-0.05, 0) is 17.5 Å². The van der Waals surface area contributed by atoms with E-state index in [4.69, 9.17) is 11.6 Å². The summed E-state index contributed by atoms with van der Waals surface area (Å²) in [6, 6.07) is 8.32. The lowest BCUT2D eigenvalue weighted by Crippen LogP contribution is -1.98. The fourth-order valence-corrected chi connectivity index (χ4v) is 1.72. The molecule has 56 valence electrons. The first-order valence-corrected chi connectivity index (χ1v) is 4.20. The van der Waals surface area contributed by atoms with E-state index in [9.17, 15) is 0 Å². The van der Waals surface area contributed by atoms with Gasteiger partial charge in [0.15, 0.2) is 0 Å². The SMILES string of the molecule is ClC1C=CCc2ccccc21. The van der Waals surface area contributed by atoms with Crippen LogP contribution in [-0.2, 0) is 6.42 Å². The summed E-state index contributed by atoms with van der Waals surface area (Å²) in [4.78, 5) is 0. The fourth-order valence-electron chi connectivity index (χ4n) is 1.41. The predicted molar refractivity (Wildman–Crippen MR) is 47.9 cm³/mol. The van der Waals surface area contributed by atoms with Crippen molar-refractivity contribution in [1.29, 1.82) is 0 Å². The van der Waals surface area contributed by atoms with Gasteiger partial charge in [0.2, 0.25) is 0 Å². The van der Waals surface area contributed by atoms with Crippen LogP contribution in [0.4, 0.5) is 0 Å². The highest BCUT2D eigenvalue weighted by molar-refractivity contribution is 6.22. The molecule has 0 fully saturated rings. The summed E-state index contributed by atoms with van der Waals surface area (Å²) >= 11 is 6.06. The smallest absolute Gasteiger partial charge is 0.0769 e. The van der Waals surface area contributed by atoms with Crippen LogP contribution in [0.15, 0.2) is 36.4 Å². The van der Waals surface area contributed by atoms with Gasteiger partial charge >= 0.3 is 0 Å². The molecule has 0 amide bonds. The minimum absolute atomic E-state index is 0.0833. The molecule has 1 aliphatic carbocycles. The molecule has 0 N–H and O–H groups in total. The number of hydrogen-bond acceptors (Lipinski definition) is 0. The molecule has 11 heavy (non-hydrogen) atoms. The van der Waals surface area contributed by atoms with Gasteiger partial charge in [-0.3, -0.25) is 0 Å². The average molecular weight is 165 g/mol. The van der Waals surface area contributed by atoms with E-state index in [-0.39, 0.29) is 5.38 Å². The van der Waals surface area contributed by atoms with Crippen molar-refractivity contribution in [2.45, 2.75) is 11.8 Å². The largest absolute Gasteiger partial charge is 0.113 e. The maximum Gasteiger partial charge on any atom is 0.0769 e. The van der Waals surface area contributed by atoms with E-state index >= 15 is 0 Å². The van der Waals surface area contributed by atoms with Crippen LogP contribution in [0.5, 0.6) is 0 Å². The molecule has 1 heteroatoms. The van der Waals surface area contributed by atoms with Crippen LogP contribution in [0.2, 0.25) is 0 Å². The maximum atomic E-state index is 6.06.